The highest BCUT2D eigenvalue weighted by Gasteiger charge is 2.17. The van der Waals surface area contributed by atoms with Crippen LogP contribution in [0.5, 0.6) is 5.75 Å². The van der Waals surface area contributed by atoms with Gasteiger partial charge in [-0.1, -0.05) is 24.3 Å². The van der Waals surface area contributed by atoms with E-state index < -0.39 is 0 Å². The van der Waals surface area contributed by atoms with Crippen molar-refractivity contribution >= 4 is 16.7 Å². The largest absolute Gasteiger partial charge is 0.496 e. The van der Waals surface area contributed by atoms with Crippen molar-refractivity contribution in [1.82, 2.24) is 4.90 Å². The molecule has 1 aromatic heterocycles. The van der Waals surface area contributed by atoms with Crippen LogP contribution in [0, 0.1) is 0 Å². The van der Waals surface area contributed by atoms with Crippen molar-refractivity contribution in [3.8, 4) is 5.75 Å². The quantitative estimate of drug-likeness (QED) is 0.696. The lowest BCUT2D eigenvalue weighted by Crippen LogP contribution is -2.47. The van der Waals surface area contributed by atoms with E-state index in [4.69, 9.17) is 9.15 Å². The molecule has 2 heterocycles. The van der Waals surface area contributed by atoms with E-state index in [1.54, 1.807) is 19.2 Å². The first-order chi connectivity index (χ1) is 13.2. The van der Waals surface area contributed by atoms with Gasteiger partial charge in [-0.3, -0.25) is 9.69 Å². The van der Waals surface area contributed by atoms with Gasteiger partial charge in [-0.25, -0.2) is 0 Å². The molecular weight excluding hydrogens is 340 g/mol. The van der Waals surface area contributed by atoms with Gasteiger partial charge in [-0.05, 0) is 24.3 Å². The van der Waals surface area contributed by atoms with E-state index in [0.29, 0.717) is 16.7 Å². The molecule has 3 aromatic rings. The molecule has 5 nitrogen and oxygen atoms in total. The van der Waals surface area contributed by atoms with Gasteiger partial charge in [0.1, 0.15) is 22.5 Å². The van der Waals surface area contributed by atoms with Gasteiger partial charge in [0.15, 0.2) is 5.43 Å². The molecule has 1 saturated heterocycles. The average molecular weight is 364 g/mol. The van der Waals surface area contributed by atoms with Crippen molar-refractivity contribution in [2.45, 2.75) is 6.42 Å². The summed E-state index contributed by atoms with van der Waals surface area (Å²) in [4.78, 5) is 17.3. The number of piperazine rings is 1. The number of anilines is 1. The van der Waals surface area contributed by atoms with Crippen molar-refractivity contribution in [2.24, 2.45) is 0 Å². The summed E-state index contributed by atoms with van der Waals surface area (Å²) in [6.07, 6.45) is 0.730. The molecular formula is C22H24N2O3. The lowest BCUT2D eigenvalue weighted by molar-refractivity contribution is 0.255. The Bertz CT molecular complexity index is 960. The molecule has 0 saturated carbocycles. The molecule has 2 aromatic carbocycles. The molecule has 0 unspecified atom stereocenters. The summed E-state index contributed by atoms with van der Waals surface area (Å²) >= 11 is 0. The molecule has 140 valence electrons. The molecule has 0 amide bonds. The number of fused-ring (bicyclic) bond motifs is 1. The smallest absolute Gasteiger partial charge is 0.196 e. The second-order valence-corrected chi connectivity index (χ2v) is 6.82. The Morgan fingerprint density at radius 1 is 1.00 bits per heavy atom. The van der Waals surface area contributed by atoms with Crippen molar-refractivity contribution < 1.29 is 9.15 Å². The third-order valence-corrected chi connectivity index (χ3v) is 5.16. The van der Waals surface area contributed by atoms with Gasteiger partial charge in [0, 0.05) is 50.9 Å². The van der Waals surface area contributed by atoms with Crippen LogP contribution in [0.1, 0.15) is 5.76 Å². The normalized spacial score (nSPS) is 15.2. The zero-order chi connectivity index (χ0) is 18.6. The minimum absolute atomic E-state index is 0.0439. The third-order valence-electron chi connectivity index (χ3n) is 5.16. The van der Waals surface area contributed by atoms with E-state index in [0.717, 1.165) is 44.9 Å². The topological polar surface area (TPSA) is 45.9 Å². The molecule has 4 rings (SSSR count). The Kier molecular flexibility index (Phi) is 5.12. The highest BCUT2D eigenvalue weighted by Crippen LogP contribution is 2.23. The SMILES string of the molecule is COc1cccc2oc(CCN3CCN(c4ccccc4)CC3)cc(=O)c12. The summed E-state index contributed by atoms with van der Waals surface area (Å²) in [6.45, 7) is 4.95. The summed E-state index contributed by atoms with van der Waals surface area (Å²) in [5, 5.41) is 0.514. The molecule has 1 aliphatic rings. The van der Waals surface area contributed by atoms with Crippen LogP contribution in [0.2, 0.25) is 0 Å². The van der Waals surface area contributed by atoms with E-state index >= 15 is 0 Å². The zero-order valence-electron chi connectivity index (χ0n) is 15.6. The number of methoxy groups -OCH3 is 1. The predicted molar refractivity (Wildman–Crippen MR) is 108 cm³/mol. The van der Waals surface area contributed by atoms with E-state index in [-0.39, 0.29) is 5.43 Å². The van der Waals surface area contributed by atoms with Gasteiger partial charge < -0.3 is 14.1 Å². The van der Waals surface area contributed by atoms with Crippen molar-refractivity contribution in [3.63, 3.8) is 0 Å². The predicted octanol–water partition coefficient (Wildman–Crippen LogP) is 3.17. The number of ether oxygens (including phenoxy) is 1. The summed E-state index contributed by atoms with van der Waals surface area (Å²) in [5.74, 6) is 1.29. The van der Waals surface area contributed by atoms with Gasteiger partial charge in [0.05, 0.1) is 7.11 Å². The van der Waals surface area contributed by atoms with Crippen molar-refractivity contribution in [1.29, 1.82) is 0 Å². The lowest BCUT2D eigenvalue weighted by Gasteiger charge is -2.36. The van der Waals surface area contributed by atoms with Crippen LogP contribution in [0.3, 0.4) is 0 Å². The molecule has 27 heavy (non-hydrogen) atoms. The van der Waals surface area contributed by atoms with Crippen molar-refractivity contribution in [3.05, 3.63) is 70.6 Å². The van der Waals surface area contributed by atoms with E-state index in [2.05, 4.69) is 34.1 Å². The fourth-order valence-corrected chi connectivity index (χ4v) is 3.66. The molecule has 0 N–H and O–H groups in total. The van der Waals surface area contributed by atoms with Crippen LogP contribution in [0.25, 0.3) is 11.0 Å². The van der Waals surface area contributed by atoms with Crippen LogP contribution in [0.4, 0.5) is 5.69 Å². The Morgan fingerprint density at radius 3 is 2.52 bits per heavy atom. The first kappa shape index (κ1) is 17.6. The lowest BCUT2D eigenvalue weighted by atomic mass is 10.1. The average Bonchev–Trinajstić information content (AvgIpc) is 2.73. The maximum absolute atomic E-state index is 12.5. The molecule has 0 bridgehead atoms. The van der Waals surface area contributed by atoms with Gasteiger partial charge in [0.2, 0.25) is 0 Å². The van der Waals surface area contributed by atoms with Gasteiger partial charge in [-0.2, -0.15) is 0 Å². The number of hydrogen-bond donors (Lipinski definition) is 0. The van der Waals surface area contributed by atoms with Crippen LogP contribution in [-0.4, -0.2) is 44.7 Å². The number of nitrogens with zero attached hydrogens (tertiary/aromatic N) is 2. The van der Waals surface area contributed by atoms with Gasteiger partial charge in [-0.15, -0.1) is 0 Å². The molecule has 0 radical (unpaired) electrons. The highest BCUT2D eigenvalue weighted by molar-refractivity contribution is 5.83. The highest BCUT2D eigenvalue weighted by atomic mass is 16.5. The first-order valence-electron chi connectivity index (χ1n) is 9.37. The summed E-state index contributed by atoms with van der Waals surface area (Å²) in [7, 11) is 1.57. The van der Waals surface area contributed by atoms with E-state index in [1.807, 2.05) is 18.2 Å². The third kappa shape index (κ3) is 3.83. The Labute approximate surface area is 158 Å². The second kappa shape index (κ2) is 7.84. The number of hydrogen-bond acceptors (Lipinski definition) is 5. The fraction of sp³-hybridized carbons (Fsp3) is 0.318. The number of rotatable bonds is 5. The maximum Gasteiger partial charge on any atom is 0.196 e. The number of para-hydroxylation sites is 1. The maximum atomic E-state index is 12.5. The van der Waals surface area contributed by atoms with E-state index in [1.165, 1.54) is 5.69 Å². The van der Waals surface area contributed by atoms with E-state index in [9.17, 15) is 4.79 Å². The standard InChI is InChI=1S/C22H24N2O3/c1-26-20-8-5-9-21-22(20)19(25)16-18(27-21)10-11-23-12-14-24(15-13-23)17-6-3-2-4-7-17/h2-9,16H,10-15H2,1H3. The first-order valence-corrected chi connectivity index (χ1v) is 9.37. The fourth-order valence-electron chi connectivity index (χ4n) is 3.66. The molecule has 0 atom stereocenters. The minimum atomic E-state index is -0.0439. The van der Waals surface area contributed by atoms with Crippen LogP contribution < -0.4 is 15.1 Å². The monoisotopic (exact) mass is 364 g/mol. The second-order valence-electron chi connectivity index (χ2n) is 6.82. The summed E-state index contributed by atoms with van der Waals surface area (Å²) in [6, 6.07) is 17.6. The van der Waals surface area contributed by atoms with Gasteiger partial charge in [0.25, 0.3) is 0 Å². The van der Waals surface area contributed by atoms with Crippen molar-refractivity contribution in [2.75, 3.05) is 44.7 Å². The molecule has 5 heteroatoms. The van der Waals surface area contributed by atoms with Crippen LogP contribution in [0.15, 0.2) is 63.8 Å². The zero-order valence-corrected chi connectivity index (χ0v) is 15.6. The van der Waals surface area contributed by atoms with Gasteiger partial charge >= 0.3 is 0 Å². The van der Waals surface area contributed by atoms with Crippen LogP contribution in [-0.2, 0) is 6.42 Å². The summed E-state index contributed by atoms with van der Waals surface area (Å²) < 4.78 is 11.2. The summed E-state index contributed by atoms with van der Waals surface area (Å²) in [5.41, 5.74) is 1.83. The number of benzene rings is 2. The molecule has 1 fully saturated rings. The Balaban J connectivity index is 1.39. The molecule has 0 aliphatic carbocycles. The van der Waals surface area contributed by atoms with Crippen LogP contribution >= 0.6 is 0 Å². The Morgan fingerprint density at radius 2 is 1.78 bits per heavy atom. The minimum Gasteiger partial charge on any atom is -0.496 e. The Hall–Kier alpha value is -2.79. The molecule has 0 spiro atoms. The molecule has 1 aliphatic heterocycles.